The maximum absolute atomic E-state index is 5.38. The van der Waals surface area contributed by atoms with E-state index in [-0.39, 0.29) is 0 Å². The fourth-order valence-corrected chi connectivity index (χ4v) is 6.76. The average molecular weight is 491 g/mol. The zero-order chi connectivity index (χ0) is 25.7. The predicted octanol–water partition coefficient (Wildman–Crippen LogP) is 7.74. The molecule has 0 aliphatic heterocycles. The lowest BCUT2D eigenvalue weighted by Crippen LogP contribution is -2.28. The van der Waals surface area contributed by atoms with Crippen LogP contribution in [0, 0.1) is 12.8 Å². The van der Waals surface area contributed by atoms with Crippen molar-refractivity contribution in [2.45, 2.75) is 71.9 Å². The van der Waals surface area contributed by atoms with Crippen molar-refractivity contribution in [2.24, 2.45) is 5.92 Å². The number of allylic oxidation sites excluding steroid dienone is 1. The lowest BCUT2D eigenvalue weighted by molar-refractivity contribution is 0.213. The minimum absolute atomic E-state index is 0.442. The molecule has 2 atom stereocenters. The van der Waals surface area contributed by atoms with Crippen LogP contribution < -0.4 is 0 Å². The molecule has 2 aromatic heterocycles. The number of nitrogens with one attached hydrogen (secondary N) is 1. The van der Waals surface area contributed by atoms with Crippen LogP contribution in [0.1, 0.15) is 91.3 Å². The van der Waals surface area contributed by atoms with Gasteiger partial charge >= 0.3 is 0 Å². The number of nitrogens with zero attached hydrogens (tertiary/aromatic N) is 3. The topological polar surface area (TPSA) is 44.8 Å². The molecule has 0 fully saturated rings. The Morgan fingerprint density at radius 3 is 2.62 bits per heavy atom. The number of aryl methyl sites for hydroxylation is 2. The summed E-state index contributed by atoms with van der Waals surface area (Å²) in [6.45, 7) is 10.0. The predicted molar refractivity (Wildman–Crippen MR) is 153 cm³/mol. The molecule has 6 rings (SSSR count). The fraction of sp³-hybridized carbons (Fsp3) is 0.394. The highest BCUT2D eigenvalue weighted by Crippen LogP contribution is 2.45. The number of hydrogen-bond acceptors (Lipinski definition) is 3. The van der Waals surface area contributed by atoms with Crippen LogP contribution >= 0.6 is 0 Å². The van der Waals surface area contributed by atoms with Crippen LogP contribution in [0.4, 0.5) is 0 Å². The van der Waals surface area contributed by atoms with Crippen LogP contribution in [0.25, 0.3) is 16.3 Å². The summed E-state index contributed by atoms with van der Waals surface area (Å²) in [5, 5.41) is 10.3. The minimum atomic E-state index is 0.442. The highest BCUT2D eigenvalue weighted by Gasteiger charge is 2.31. The van der Waals surface area contributed by atoms with Crippen molar-refractivity contribution in [3.63, 3.8) is 0 Å². The van der Waals surface area contributed by atoms with E-state index < -0.39 is 0 Å². The van der Waals surface area contributed by atoms with Crippen molar-refractivity contribution in [3.05, 3.63) is 99.6 Å². The highest BCUT2D eigenvalue weighted by atomic mass is 15.1. The fourth-order valence-electron chi connectivity index (χ4n) is 6.76. The Kier molecular flexibility index (Phi) is 6.24. The van der Waals surface area contributed by atoms with Crippen LogP contribution in [0.3, 0.4) is 0 Å². The van der Waals surface area contributed by atoms with Crippen LogP contribution in [-0.2, 0) is 13.0 Å². The van der Waals surface area contributed by atoms with E-state index in [2.05, 4.69) is 98.4 Å². The van der Waals surface area contributed by atoms with Gasteiger partial charge in [0.1, 0.15) is 0 Å². The Morgan fingerprint density at radius 1 is 1.05 bits per heavy atom. The van der Waals surface area contributed by atoms with Gasteiger partial charge in [-0.15, -0.1) is 0 Å². The molecule has 0 amide bonds. The van der Waals surface area contributed by atoms with E-state index in [1.165, 1.54) is 69.1 Å². The molecular weight excluding hydrogens is 452 g/mol. The summed E-state index contributed by atoms with van der Waals surface area (Å²) >= 11 is 0. The molecule has 0 spiro atoms. The third kappa shape index (κ3) is 4.12. The van der Waals surface area contributed by atoms with Gasteiger partial charge in [0.05, 0.1) is 11.9 Å². The summed E-state index contributed by atoms with van der Waals surface area (Å²) < 4.78 is 0. The molecule has 4 aromatic rings. The van der Waals surface area contributed by atoms with Crippen molar-refractivity contribution in [1.29, 1.82) is 0 Å². The molecule has 1 N–H and O–H groups in total. The smallest absolute Gasteiger partial charge is 0.0790 e. The molecule has 0 radical (unpaired) electrons. The minimum Gasteiger partial charge on any atom is -0.295 e. The maximum atomic E-state index is 5.38. The molecular formula is C33H38N4. The molecule has 4 heteroatoms. The number of fused-ring (bicyclic) bond motifs is 3. The van der Waals surface area contributed by atoms with Crippen molar-refractivity contribution in [3.8, 4) is 0 Å². The summed E-state index contributed by atoms with van der Waals surface area (Å²) in [5.74, 6) is 0.899. The number of hydrogen-bond donors (Lipinski definition) is 1. The van der Waals surface area contributed by atoms with Crippen LogP contribution in [-0.4, -0.2) is 27.1 Å². The van der Waals surface area contributed by atoms with Gasteiger partial charge in [0.2, 0.25) is 0 Å². The molecule has 0 saturated carbocycles. The molecule has 2 aliphatic rings. The SMILES string of the molecule is Cc1nc(C2=C(C(C)C)CC(C)c3[nH]ncc32)c2ccccc2c1CN(C)C1CCCc2ccccc21. The summed E-state index contributed by atoms with van der Waals surface area (Å²) in [6.07, 6.45) is 6.71. The van der Waals surface area contributed by atoms with E-state index in [0.29, 0.717) is 17.9 Å². The molecule has 0 bridgehead atoms. The first-order chi connectivity index (χ1) is 17.9. The normalized spacial score (nSPS) is 19.5. The number of benzene rings is 2. The van der Waals surface area contributed by atoms with E-state index in [1.54, 1.807) is 0 Å². The third-order valence-corrected chi connectivity index (χ3v) is 8.71. The zero-order valence-corrected chi connectivity index (χ0v) is 22.8. The summed E-state index contributed by atoms with van der Waals surface area (Å²) in [4.78, 5) is 7.92. The van der Waals surface area contributed by atoms with E-state index in [1.807, 2.05) is 6.20 Å². The largest absolute Gasteiger partial charge is 0.295 e. The van der Waals surface area contributed by atoms with Gasteiger partial charge in [0.15, 0.2) is 0 Å². The summed E-state index contributed by atoms with van der Waals surface area (Å²) in [6, 6.07) is 18.3. The number of aromatic amines is 1. The first-order valence-corrected chi connectivity index (χ1v) is 13.9. The van der Waals surface area contributed by atoms with Gasteiger partial charge in [-0.05, 0) is 67.6 Å². The molecule has 2 heterocycles. The quantitative estimate of drug-likeness (QED) is 0.311. The second-order valence-corrected chi connectivity index (χ2v) is 11.4. The third-order valence-electron chi connectivity index (χ3n) is 8.71. The highest BCUT2D eigenvalue weighted by molar-refractivity contribution is 5.99. The summed E-state index contributed by atoms with van der Waals surface area (Å²) in [5.41, 5.74) is 11.8. The van der Waals surface area contributed by atoms with Crippen molar-refractivity contribution >= 4 is 16.3 Å². The summed E-state index contributed by atoms with van der Waals surface area (Å²) in [7, 11) is 2.29. The molecule has 2 unspecified atom stereocenters. The van der Waals surface area contributed by atoms with Gasteiger partial charge < -0.3 is 0 Å². The Morgan fingerprint density at radius 2 is 1.81 bits per heavy atom. The number of aromatic nitrogens is 3. The van der Waals surface area contributed by atoms with Gasteiger partial charge in [0, 0.05) is 46.4 Å². The Bertz CT molecular complexity index is 1490. The number of pyridine rings is 1. The van der Waals surface area contributed by atoms with Gasteiger partial charge in [-0.2, -0.15) is 5.10 Å². The first-order valence-electron chi connectivity index (χ1n) is 13.9. The monoisotopic (exact) mass is 490 g/mol. The van der Waals surface area contributed by atoms with Crippen molar-refractivity contribution in [2.75, 3.05) is 7.05 Å². The molecule has 37 heavy (non-hydrogen) atoms. The zero-order valence-electron chi connectivity index (χ0n) is 22.8. The Labute approximate surface area is 220 Å². The van der Waals surface area contributed by atoms with Crippen LogP contribution in [0.15, 0.2) is 60.3 Å². The molecule has 0 saturated heterocycles. The molecule has 4 nitrogen and oxygen atoms in total. The van der Waals surface area contributed by atoms with E-state index in [9.17, 15) is 0 Å². The van der Waals surface area contributed by atoms with Crippen molar-refractivity contribution in [1.82, 2.24) is 20.1 Å². The van der Waals surface area contributed by atoms with Gasteiger partial charge in [-0.25, -0.2) is 0 Å². The van der Waals surface area contributed by atoms with Gasteiger partial charge in [-0.3, -0.25) is 15.0 Å². The Hall–Kier alpha value is -3.24. The first kappa shape index (κ1) is 24.1. The number of rotatable bonds is 5. The molecule has 2 aromatic carbocycles. The van der Waals surface area contributed by atoms with Crippen LogP contribution in [0.2, 0.25) is 0 Å². The lowest BCUT2D eigenvalue weighted by atomic mass is 9.77. The van der Waals surface area contributed by atoms with E-state index in [0.717, 1.165) is 24.4 Å². The van der Waals surface area contributed by atoms with Gasteiger partial charge in [0.25, 0.3) is 0 Å². The standard InChI is InChI=1S/C33H38N4/c1-20(2)27-17-21(3)32-28(18-34-36-32)31(27)33-26-15-9-8-14-25(26)29(22(4)35-33)19-37(5)30-16-10-12-23-11-6-7-13-24(23)30/h6-9,11,13-15,18,20-21,30H,10,12,16-17,19H2,1-5H3,(H,34,36). The lowest BCUT2D eigenvalue weighted by Gasteiger charge is -2.34. The second-order valence-electron chi connectivity index (χ2n) is 11.4. The average Bonchev–Trinajstić information content (AvgIpc) is 3.40. The van der Waals surface area contributed by atoms with E-state index >= 15 is 0 Å². The Balaban J connectivity index is 1.47. The number of H-pyrrole nitrogens is 1. The van der Waals surface area contributed by atoms with Gasteiger partial charge in [-0.1, -0.05) is 74.9 Å². The van der Waals surface area contributed by atoms with Crippen LogP contribution in [0.5, 0.6) is 0 Å². The molecule has 190 valence electrons. The maximum Gasteiger partial charge on any atom is 0.0790 e. The molecule has 2 aliphatic carbocycles. The second kappa shape index (κ2) is 9.57. The van der Waals surface area contributed by atoms with Crippen molar-refractivity contribution < 1.29 is 0 Å². The van der Waals surface area contributed by atoms with E-state index in [4.69, 9.17) is 4.98 Å².